The van der Waals surface area contributed by atoms with E-state index in [1.165, 1.54) is 0 Å². The molecule has 0 spiro atoms. The van der Waals surface area contributed by atoms with Gasteiger partial charge in [0, 0.05) is 0 Å². The van der Waals surface area contributed by atoms with Gasteiger partial charge in [0.2, 0.25) is 0 Å². The largest absolute Gasteiger partial charge is 0.464 e. The fourth-order valence-electron chi connectivity index (χ4n) is 0.122. The molecule has 0 saturated carbocycles. The Kier molecular flexibility index (Phi) is 3.94. The van der Waals surface area contributed by atoms with E-state index in [9.17, 15) is 13.2 Å². The van der Waals surface area contributed by atoms with Crippen molar-refractivity contribution in [2.24, 2.45) is 5.14 Å². The third-order valence-corrected chi connectivity index (χ3v) is 0.689. The van der Waals surface area contributed by atoms with Crippen molar-refractivity contribution in [2.75, 3.05) is 0 Å². The molecule has 6 N–H and O–H groups in total. The number of hydrogen-bond donors (Lipinski definition) is 3. The summed E-state index contributed by atoms with van der Waals surface area (Å²) in [6, 6.07) is 0. The Hall–Kier alpha value is -0.860. The summed E-state index contributed by atoms with van der Waals surface area (Å²) in [5.41, 5.74) is 0. The first kappa shape index (κ1) is 11.0. The molecule has 0 bridgehead atoms. The van der Waals surface area contributed by atoms with Crippen molar-refractivity contribution < 1.29 is 23.8 Å². The van der Waals surface area contributed by atoms with Crippen LogP contribution in [-0.2, 0) is 10.2 Å². The van der Waals surface area contributed by atoms with Crippen LogP contribution >= 0.6 is 0 Å². The third-order valence-electron chi connectivity index (χ3n) is 0.230. The summed E-state index contributed by atoms with van der Waals surface area (Å²) in [4.78, 5) is 9.44. The molecule has 1 amide bonds. The first-order chi connectivity index (χ1) is 3.42. The van der Waals surface area contributed by atoms with E-state index in [2.05, 4.69) is 5.14 Å². The Morgan fingerprint density at radius 1 is 1.56 bits per heavy atom. The predicted octanol–water partition coefficient (Wildman–Crippen LogP) is -2.37. The van der Waals surface area contributed by atoms with Gasteiger partial charge in [-0.15, -0.1) is 0 Å². The quantitative estimate of drug-likeness (QED) is 0.392. The van der Waals surface area contributed by atoms with Gasteiger partial charge in [-0.25, -0.2) is 14.7 Å². The molecule has 56 valence electrons. The molecule has 8 heteroatoms. The standard InChI is InChI=1S/CH4N2O4S.H2O/c2-8(6,7)3-1(4)5;/h3H,(H,4,5)(H2,2,6,7);1H2. The smallest absolute Gasteiger partial charge is 0.419 e. The highest BCUT2D eigenvalue weighted by molar-refractivity contribution is 7.87. The number of nitrogens with one attached hydrogen (secondary N) is 1. The maximum Gasteiger partial charge on any atom is 0.419 e. The highest BCUT2D eigenvalue weighted by Crippen LogP contribution is 1.64. The second-order valence-corrected chi connectivity index (χ2v) is 2.25. The zero-order chi connectivity index (χ0) is 6.78. The van der Waals surface area contributed by atoms with Gasteiger partial charge in [0.15, 0.2) is 0 Å². The lowest BCUT2D eigenvalue weighted by Crippen LogP contribution is -2.34. The topological polar surface area (TPSA) is 141 Å². The molecule has 0 aromatic rings. The van der Waals surface area contributed by atoms with E-state index in [4.69, 9.17) is 5.11 Å². The first-order valence-electron chi connectivity index (χ1n) is 1.45. The van der Waals surface area contributed by atoms with Crippen molar-refractivity contribution in [2.45, 2.75) is 0 Å². The molecule has 9 heavy (non-hydrogen) atoms. The number of nitrogens with two attached hydrogens (primary N) is 1. The average Bonchev–Trinajstić information content (AvgIpc) is 1.21. The monoisotopic (exact) mass is 158 g/mol. The molecule has 0 aliphatic carbocycles. The Balaban J connectivity index is 0. The maximum atomic E-state index is 9.73. The van der Waals surface area contributed by atoms with Crippen LogP contribution in [0.15, 0.2) is 0 Å². The summed E-state index contributed by atoms with van der Waals surface area (Å²) >= 11 is 0. The van der Waals surface area contributed by atoms with Gasteiger partial charge < -0.3 is 10.6 Å². The zero-order valence-electron chi connectivity index (χ0n) is 4.16. The van der Waals surface area contributed by atoms with Crippen molar-refractivity contribution in [3.8, 4) is 0 Å². The number of rotatable bonds is 1. The third kappa shape index (κ3) is 11.0. The van der Waals surface area contributed by atoms with Crippen LogP contribution in [0.25, 0.3) is 0 Å². The van der Waals surface area contributed by atoms with Crippen molar-refractivity contribution in [1.82, 2.24) is 4.72 Å². The van der Waals surface area contributed by atoms with E-state index >= 15 is 0 Å². The van der Waals surface area contributed by atoms with Gasteiger partial charge in [-0.2, -0.15) is 8.42 Å². The minimum atomic E-state index is -4.07. The van der Waals surface area contributed by atoms with Crippen LogP contribution in [0.5, 0.6) is 0 Å². The van der Waals surface area contributed by atoms with Gasteiger partial charge in [0.25, 0.3) is 0 Å². The lowest BCUT2D eigenvalue weighted by Gasteiger charge is -1.91. The summed E-state index contributed by atoms with van der Waals surface area (Å²) in [5.74, 6) is 0. The molecule has 0 aliphatic heterocycles. The van der Waals surface area contributed by atoms with Crippen LogP contribution in [0, 0.1) is 0 Å². The molecule has 7 nitrogen and oxygen atoms in total. The van der Waals surface area contributed by atoms with Crippen molar-refractivity contribution in [3.05, 3.63) is 0 Å². The molecular formula is CH6N2O5S. The van der Waals surface area contributed by atoms with Crippen LogP contribution in [0.4, 0.5) is 4.79 Å². The van der Waals surface area contributed by atoms with Crippen LogP contribution in [-0.4, -0.2) is 25.1 Å². The first-order valence-corrected chi connectivity index (χ1v) is 3.00. The normalized spacial score (nSPS) is 9.44. The molecule has 0 unspecified atom stereocenters. The fourth-order valence-corrected chi connectivity index (χ4v) is 0.365. The summed E-state index contributed by atoms with van der Waals surface area (Å²) in [6.45, 7) is 0. The van der Waals surface area contributed by atoms with E-state index < -0.39 is 16.3 Å². The summed E-state index contributed by atoms with van der Waals surface area (Å²) in [6.07, 6.45) is -1.69. The molecule has 0 rings (SSSR count). The van der Waals surface area contributed by atoms with Crippen LogP contribution in [0.3, 0.4) is 0 Å². The maximum absolute atomic E-state index is 9.73. The number of carbonyl (C=O) groups is 1. The molecule has 0 fully saturated rings. The molecule has 0 radical (unpaired) electrons. The van der Waals surface area contributed by atoms with Crippen molar-refractivity contribution in [3.63, 3.8) is 0 Å². The summed E-state index contributed by atoms with van der Waals surface area (Å²) in [5, 5.41) is 11.9. The Morgan fingerprint density at radius 2 is 1.89 bits per heavy atom. The number of carboxylic acid groups (broad SMARTS) is 1. The summed E-state index contributed by atoms with van der Waals surface area (Å²) < 4.78 is 20.5. The van der Waals surface area contributed by atoms with Gasteiger partial charge in [-0.05, 0) is 0 Å². The van der Waals surface area contributed by atoms with Gasteiger partial charge >= 0.3 is 16.3 Å². The number of amides is 1. The summed E-state index contributed by atoms with van der Waals surface area (Å²) in [7, 11) is -4.07. The Labute approximate surface area is 51.0 Å². The molecule has 0 aromatic heterocycles. The fraction of sp³-hybridized carbons (Fsp3) is 0. The van der Waals surface area contributed by atoms with Gasteiger partial charge in [-0.3, -0.25) is 0 Å². The zero-order valence-corrected chi connectivity index (χ0v) is 4.97. The minimum Gasteiger partial charge on any atom is -0.464 e. The van der Waals surface area contributed by atoms with Crippen molar-refractivity contribution in [1.29, 1.82) is 0 Å². The second-order valence-electron chi connectivity index (χ2n) is 0.952. The van der Waals surface area contributed by atoms with Crippen LogP contribution in [0.2, 0.25) is 0 Å². The molecule has 0 saturated heterocycles. The van der Waals surface area contributed by atoms with E-state index in [1.54, 1.807) is 0 Å². The molecule has 0 aliphatic rings. The van der Waals surface area contributed by atoms with E-state index in [0.717, 1.165) is 4.72 Å². The minimum absolute atomic E-state index is 0. The second kappa shape index (κ2) is 3.22. The Bertz CT molecular complexity index is 181. The van der Waals surface area contributed by atoms with Gasteiger partial charge in [-0.1, -0.05) is 0 Å². The highest BCUT2D eigenvalue weighted by atomic mass is 32.2. The van der Waals surface area contributed by atoms with Crippen LogP contribution in [0.1, 0.15) is 0 Å². The lowest BCUT2D eigenvalue weighted by molar-refractivity contribution is 0.201. The highest BCUT2D eigenvalue weighted by Gasteiger charge is 2.03. The molecule has 0 atom stereocenters. The molecule has 0 aromatic carbocycles. The average molecular weight is 158 g/mol. The predicted molar refractivity (Wildman–Crippen MR) is 27.9 cm³/mol. The van der Waals surface area contributed by atoms with E-state index in [1.807, 2.05) is 0 Å². The van der Waals surface area contributed by atoms with Gasteiger partial charge in [0.1, 0.15) is 0 Å². The van der Waals surface area contributed by atoms with E-state index in [-0.39, 0.29) is 5.48 Å². The van der Waals surface area contributed by atoms with Crippen molar-refractivity contribution >= 4 is 16.3 Å². The van der Waals surface area contributed by atoms with Crippen LogP contribution < -0.4 is 9.86 Å². The lowest BCUT2D eigenvalue weighted by atomic mass is 11.3. The Morgan fingerprint density at radius 3 is 1.89 bits per heavy atom. The molecule has 0 heterocycles. The molecular weight excluding hydrogens is 152 g/mol. The number of hydrogen-bond acceptors (Lipinski definition) is 3. The van der Waals surface area contributed by atoms with Gasteiger partial charge in [0.05, 0.1) is 0 Å². The SMILES string of the molecule is NS(=O)(=O)NC(=O)O.O. The van der Waals surface area contributed by atoms with E-state index in [0.29, 0.717) is 0 Å².